The summed E-state index contributed by atoms with van der Waals surface area (Å²) in [5.74, 6) is 0.271. The van der Waals surface area contributed by atoms with Crippen molar-refractivity contribution in [2.24, 2.45) is 5.92 Å². The minimum Gasteiger partial charge on any atom is -0.393 e. The predicted molar refractivity (Wildman–Crippen MR) is 45.4 cm³/mol. The van der Waals surface area contributed by atoms with E-state index in [2.05, 4.69) is 0 Å². The summed E-state index contributed by atoms with van der Waals surface area (Å²) in [5.41, 5.74) is 0. The van der Waals surface area contributed by atoms with Crippen molar-refractivity contribution in [1.82, 2.24) is 0 Å². The standard InChI is InChI=1S/C9H18O2/c1-4-8(10)6-7(3)9(11)5-2/h7-8,10H,4-6H2,1-3H3. The van der Waals surface area contributed by atoms with Gasteiger partial charge in [0.15, 0.2) is 0 Å². The van der Waals surface area contributed by atoms with Crippen LogP contribution in [-0.4, -0.2) is 17.0 Å². The SMILES string of the molecule is CCC(=O)C(C)CC(O)CC. The quantitative estimate of drug-likeness (QED) is 0.662. The maximum atomic E-state index is 11.1. The lowest BCUT2D eigenvalue weighted by atomic mass is 9.96. The summed E-state index contributed by atoms with van der Waals surface area (Å²) in [6.45, 7) is 5.66. The molecule has 66 valence electrons. The lowest BCUT2D eigenvalue weighted by molar-refractivity contribution is -0.123. The summed E-state index contributed by atoms with van der Waals surface area (Å²) >= 11 is 0. The molecule has 2 heteroatoms. The van der Waals surface area contributed by atoms with Gasteiger partial charge in [-0.05, 0) is 12.8 Å². The van der Waals surface area contributed by atoms with Gasteiger partial charge < -0.3 is 5.11 Å². The Morgan fingerprint density at radius 1 is 1.45 bits per heavy atom. The van der Waals surface area contributed by atoms with Crippen LogP contribution in [0, 0.1) is 5.92 Å². The largest absolute Gasteiger partial charge is 0.393 e. The highest BCUT2D eigenvalue weighted by molar-refractivity contribution is 5.80. The van der Waals surface area contributed by atoms with E-state index in [0.717, 1.165) is 6.42 Å². The molecule has 0 aromatic heterocycles. The molecule has 0 spiro atoms. The molecule has 2 atom stereocenters. The molecule has 0 aromatic rings. The molecule has 0 fully saturated rings. The second-order valence-electron chi connectivity index (χ2n) is 3.02. The Morgan fingerprint density at radius 3 is 2.36 bits per heavy atom. The van der Waals surface area contributed by atoms with Gasteiger partial charge in [0.25, 0.3) is 0 Å². The highest BCUT2D eigenvalue weighted by Crippen LogP contribution is 2.10. The maximum Gasteiger partial charge on any atom is 0.135 e. The number of aliphatic hydroxyl groups is 1. The molecule has 0 radical (unpaired) electrons. The van der Waals surface area contributed by atoms with Crippen molar-refractivity contribution in [1.29, 1.82) is 0 Å². The molecule has 0 heterocycles. The van der Waals surface area contributed by atoms with Crippen molar-refractivity contribution in [2.45, 2.75) is 46.1 Å². The van der Waals surface area contributed by atoms with Gasteiger partial charge >= 0.3 is 0 Å². The third kappa shape index (κ3) is 4.14. The fraction of sp³-hybridized carbons (Fsp3) is 0.889. The Bertz CT molecular complexity index is 121. The van der Waals surface area contributed by atoms with Gasteiger partial charge in [-0.25, -0.2) is 0 Å². The molecule has 11 heavy (non-hydrogen) atoms. The molecule has 0 aliphatic rings. The van der Waals surface area contributed by atoms with Crippen LogP contribution in [0.15, 0.2) is 0 Å². The number of aliphatic hydroxyl groups excluding tert-OH is 1. The zero-order valence-electron chi connectivity index (χ0n) is 7.63. The fourth-order valence-electron chi connectivity index (χ4n) is 1.05. The molecular weight excluding hydrogens is 140 g/mol. The number of ketones is 1. The van der Waals surface area contributed by atoms with Gasteiger partial charge in [-0.15, -0.1) is 0 Å². The van der Waals surface area contributed by atoms with Crippen LogP contribution in [0.5, 0.6) is 0 Å². The van der Waals surface area contributed by atoms with E-state index in [1.54, 1.807) is 0 Å². The molecule has 0 saturated heterocycles. The van der Waals surface area contributed by atoms with Crippen molar-refractivity contribution in [3.8, 4) is 0 Å². The van der Waals surface area contributed by atoms with E-state index >= 15 is 0 Å². The van der Waals surface area contributed by atoms with Crippen molar-refractivity contribution >= 4 is 5.78 Å². The molecule has 0 amide bonds. The van der Waals surface area contributed by atoms with Crippen LogP contribution in [0.2, 0.25) is 0 Å². The third-order valence-electron chi connectivity index (χ3n) is 1.99. The van der Waals surface area contributed by atoms with E-state index in [9.17, 15) is 9.90 Å². The van der Waals surface area contributed by atoms with Crippen molar-refractivity contribution < 1.29 is 9.90 Å². The van der Waals surface area contributed by atoms with Crippen LogP contribution in [-0.2, 0) is 4.79 Å². The molecule has 0 bridgehead atoms. The fourth-order valence-corrected chi connectivity index (χ4v) is 1.05. The van der Waals surface area contributed by atoms with Crippen LogP contribution < -0.4 is 0 Å². The zero-order valence-corrected chi connectivity index (χ0v) is 7.63. The second kappa shape index (κ2) is 5.30. The van der Waals surface area contributed by atoms with Crippen molar-refractivity contribution in [2.75, 3.05) is 0 Å². The van der Waals surface area contributed by atoms with Gasteiger partial charge in [-0.2, -0.15) is 0 Å². The average Bonchev–Trinajstić information content (AvgIpc) is 2.02. The first-order chi connectivity index (χ1) is 5.11. The summed E-state index contributed by atoms with van der Waals surface area (Å²) < 4.78 is 0. The van der Waals surface area contributed by atoms with E-state index < -0.39 is 0 Å². The van der Waals surface area contributed by atoms with Crippen LogP contribution >= 0.6 is 0 Å². The van der Waals surface area contributed by atoms with E-state index in [1.165, 1.54) is 0 Å². The second-order valence-corrected chi connectivity index (χ2v) is 3.02. The Hall–Kier alpha value is -0.370. The molecule has 2 unspecified atom stereocenters. The van der Waals surface area contributed by atoms with E-state index in [4.69, 9.17) is 0 Å². The van der Waals surface area contributed by atoms with Crippen LogP contribution in [0.1, 0.15) is 40.0 Å². The van der Waals surface area contributed by atoms with E-state index in [1.807, 2.05) is 20.8 Å². The molecule has 1 N–H and O–H groups in total. The van der Waals surface area contributed by atoms with Crippen LogP contribution in [0.4, 0.5) is 0 Å². The number of hydrogen-bond acceptors (Lipinski definition) is 2. The number of Topliss-reactive ketones (excluding diaryl/α,β-unsaturated/α-hetero) is 1. The summed E-state index contributed by atoms with van der Waals surface area (Å²) in [4.78, 5) is 11.1. The minimum atomic E-state index is -0.305. The van der Waals surface area contributed by atoms with Gasteiger partial charge in [-0.3, -0.25) is 4.79 Å². The van der Waals surface area contributed by atoms with Crippen molar-refractivity contribution in [3.63, 3.8) is 0 Å². The maximum absolute atomic E-state index is 11.1. The topological polar surface area (TPSA) is 37.3 Å². The van der Waals surface area contributed by atoms with Gasteiger partial charge in [0, 0.05) is 12.3 Å². The molecule has 0 aliphatic carbocycles. The molecular formula is C9H18O2. The first kappa shape index (κ1) is 10.6. The van der Waals surface area contributed by atoms with E-state index in [0.29, 0.717) is 12.8 Å². The summed E-state index contributed by atoms with van der Waals surface area (Å²) in [5, 5.41) is 9.22. The Morgan fingerprint density at radius 2 is 2.00 bits per heavy atom. The number of carbonyl (C=O) groups excluding carboxylic acids is 1. The van der Waals surface area contributed by atoms with Gasteiger partial charge in [0.05, 0.1) is 6.10 Å². The average molecular weight is 158 g/mol. The minimum absolute atomic E-state index is 0.0231. The van der Waals surface area contributed by atoms with Gasteiger partial charge in [0.1, 0.15) is 5.78 Å². The molecule has 0 aromatic carbocycles. The highest BCUT2D eigenvalue weighted by Gasteiger charge is 2.13. The number of rotatable bonds is 5. The molecule has 0 rings (SSSR count). The van der Waals surface area contributed by atoms with E-state index in [-0.39, 0.29) is 17.8 Å². The zero-order chi connectivity index (χ0) is 8.85. The first-order valence-electron chi connectivity index (χ1n) is 4.32. The lowest BCUT2D eigenvalue weighted by Crippen LogP contribution is -2.17. The Kier molecular flexibility index (Phi) is 5.12. The highest BCUT2D eigenvalue weighted by atomic mass is 16.3. The number of carbonyl (C=O) groups is 1. The Labute approximate surface area is 68.6 Å². The molecule has 2 nitrogen and oxygen atoms in total. The monoisotopic (exact) mass is 158 g/mol. The van der Waals surface area contributed by atoms with Crippen LogP contribution in [0.25, 0.3) is 0 Å². The summed E-state index contributed by atoms with van der Waals surface area (Å²) in [6, 6.07) is 0. The summed E-state index contributed by atoms with van der Waals surface area (Å²) in [7, 11) is 0. The molecule has 0 saturated carbocycles. The first-order valence-corrected chi connectivity index (χ1v) is 4.32. The molecule has 0 aliphatic heterocycles. The van der Waals surface area contributed by atoms with Crippen molar-refractivity contribution in [3.05, 3.63) is 0 Å². The smallest absolute Gasteiger partial charge is 0.135 e. The van der Waals surface area contributed by atoms with Gasteiger partial charge in [-0.1, -0.05) is 20.8 Å². The number of hydrogen-bond donors (Lipinski definition) is 1. The normalized spacial score (nSPS) is 16.0. The lowest BCUT2D eigenvalue weighted by Gasteiger charge is -2.12. The predicted octanol–water partition coefficient (Wildman–Crippen LogP) is 1.76. The third-order valence-corrected chi connectivity index (χ3v) is 1.99. The van der Waals surface area contributed by atoms with Crippen LogP contribution in [0.3, 0.4) is 0 Å². The Balaban J connectivity index is 3.67. The summed E-state index contributed by atoms with van der Waals surface area (Å²) in [6.07, 6.45) is 1.63. The van der Waals surface area contributed by atoms with Gasteiger partial charge in [0.2, 0.25) is 0 Å².